The second-order valence-electron chi connectivity index (χ2n) is 6.49. The molecule has 0 aliphatic heterocycles. The van der Waals surface area contributed by atoms with E-state index in [4.69, 9.17) is 9.47 Å². The number of rotatable bonds is 6. The van der Waals surface area contributed by atoms with E-state index in [-0.39, 0.29) is 5.91 Å². The smallest absolute Gasteiger partial charge is 0.224 e. The van der Waals surface area contributed by atoms with Crippen LogP contribution < -0.4 is 14.8 Å². The van der Waals surface area contributed by atoms with Gasteiger partial charge in [-0.05, 0) is 56.1 Å². The minimum Gasteiger partial charge on any atom is -0.493 e. The average molecular weight is 303 g/mol. The van der Waals surface area contributed by atoms with Crippen molar-refractivity contribution >= 4 is 11.6 Å². The number of carbonyl (C=O) groups is 1. The Morgan fingerprint density at radius 2 is 2.14 bits per heavy atom. The molecule has 2 saturated carbocycles. The number of nitrogens with one attached hydrogen (secondary N) is 1. The van der Waals surface area contributed by atoms with Crippen molar-refractivity contribution in [2.75, 3.05) is 19.0 Å². The molecule has 0 radical (unpaired) electrons. The third kappa shape index (κ3) is 3.21. The zero-order chi connectivity index (χ0) is 15.5. The van der Waals surface area contributed by atoms with Gasteiger partial charge in [0, 0.05) is 18.2 Å². The lowest BCUT2D eigenvalue weighted by Gasteiger charge is -2.21. The van der Waals surface area contributed by atoms with Crippen molar-refractivity contribution in [3.05, 3.63) is 18.2 Å². The first-order valence-corrected chi connectivity index (χ1v) is 8.30. The molecule has 0 spiro atoms. The summed E-state index contributed by atoms with van der Waals surface area (Å²) in [6, 6.07) is 5.53. The second-order valence-corrected chi connectivity index (χ2v) is 6.49. The Morgan fingerprint density at radius 3 is 2.77 bits per heavy atom. The highest BCUT2D eigenvalue weighted by Gasteiger charge is 2.40. The third-order valence-electron chi connectivity index (χ3n) is 5.08. The Morgan fingerprint density at radius 1 is 1.27 bits per heavy atom. The van der Waals surface area contributed by atoms with E-state index in [0.717, 1.165) is 17.5 Å². The monoisotopic (exact) mass is 303 g/mol. The summed E-state index contributed by atoms with van der Waals surface area (Å²) >= 11 is 0. The predicted molar refractivity (Wildman–Crippen MR) is 86.3 cm³/mol. The number of methoxy groups -OCH3 is 1. The fourth-order valence-corrected chi connectivity index (χ4v) is 4.10. The summed E-state index contributed by atoms with van der Waals surface area (Å²) in [5.74, 6) is 3.72. The molecule has 2 aliphatic carbocycles. The predicted octanol–water partition coefficient (Wildman–Crippen LogP) is 3.86. The molecule has 2 fully saturated rings. The summed E-state index contributed by atoms with van der Waals surface area (Å²) in [5, 5.41) is 3.00. The summed E-state index contributed by atoms with van der Waals surface area (Å²) in [6.07, 6.45) is 5.93. The van der Waals surface area contributed by atoms with Gasteiger partial charge in [0.25, 0.3) is 0 Å². The van der Waals surface area contributed by atoms with Crippen molar-refractivity contribution in [3.8, 4) is 11.5 Å². The van der Waals surface area contributed by atoms with Crippen LogP contribution in [0.15, 0.2) is 18.2 Å². The minimum absolute atomic E-state index is 0.115. The van der Waals surface area contributed by atoms with Crippen molar-refractivity contribution in [2.24, 2.45) is 17.8 Å². The SMILES string of the molecule is CCOc1ccc(NC(=O)C[C@@H]2C[C@@H]3CC[C@@H]2C3)cc1OC. The molecule has 4 heteroatoms. The molecule has 0 heterocycles. The Kier molecular flexibility index (Phi) is 4.55. The van der Waals surface area contributed by atoms with Crippen LogP contribution in [0.1, 0.15) is 39.0 Å². The molecule has 0 saturated heterocycles. The maximum atomic E-state index is 12.3. The molecule has 3 rings (SSSR count). The summed E-state index contributed by atoms with van der Waals surface area (Å²) in [7, 11) is 1.61. The van der Waals surface area contributed by atoms with Gasteiger partial charge in [-0.2, -0.15) is 0 Å². The van der Waals surface area contributed by atoms with E-state index in [0.29, 0.717) is 30.4 Å². The van der Waals surface area contributed by atoms with Crippen LogP contribution in [0.2, 0.25) is 0 Å². The van der Waals surface area contributed by atoms with Crippen LogP contribution in [0.3, 0.4) is 0 Å². The van der Waals surface area contributed by atoms with Gasteiger partial charge in [-0.15, -0.1) is 0 Å². The van der Waals surface area contributed by atoms with Crippen molar-refractivity contribution in [1.82, 2.24) is 0 Å². The molecule has 1 aromatic rings. The van der Waals surface area contributed by atoms with E-state index >= 15 is 0 Å². The molecular formula is C18H25NO3. The van der Waals surface area contributed by atoms with Crippen LogP contribution in [-0.4, -0.2) is 19.6 Å². The van der Waals surface area contributed by atoms with E-state index in [1.165, 1.54) is 25.7 Å². The molecule has 0 aromatic heterocycles. The highest BCUT2D eigenvalue weighted by Crippen LogP contribution is 2.49. The average Bonchev–Trinajstić information content (AvgIpc) is 3.11. The van der Waals surface area contributed by atoms with Gasteiger partial charge < -0.3 is 14.8 Å². The molecular weight excluding hydrogens is 278 g/mol. The number of carbonyl (C=O) groups excluding carboxylic acids is 1. The summed E-state index contributed by atoms with van der Waals surface area (Å²) < 4.78 is 10.8. The first-order valence-electron chi connectivity index (χ1n) is 8.30. The van der Waals surface area contributed by atoms with E-state index in [9.17, 15) is 4.79 Å². The van der Waals surface area contributed by atoms with Gasteiger partial charge in [-0.3, -0.25) is 4.79 Å². The first kappa shape index (κ1) is 15.2. The standard InChI is InChI=1S/C18H25NO3/c1-3-22-16-7-6-15(11-17(16)21-2)19-18(20)10-14-9-12-4-5-13(14)8-12/h6-7,11-14H,3-5,8-10H2,1-2H3,(H,19,20)/t12-,13-,14+/m1/s1. The number of hydrogen-bond acceptors (Lipinski definition) is 3. The van der Waals surface area contributed by atoms with Crippen molar-refractivity contribution in [2.45, 2.75) is 39.0 Å². The lowest BCUT2D eigenvalue weighted by Crippen LogP contribution is -2.20. The molecule has 0 unspecified atom stereocenters. The maximum absolute atomic E-state index is 12.3. The molecule has 4 nitrogen and oxygen atoms in total. The van der Waals surface area contributed by atoms with E-state index < -0.39 is 0 Å². The van der Waals surface area contributed by atoms with Crippen molar-refractivity contribution in [3.63, 3.8) is 0 Å². The Hall–Kier alpha value is -1.71. The van der Waals surface area contributed by atoms with Gasteiger partial charge in [0.2, 0.25) is 5.91 Å². The van der Waals surface area contributed by atoms with Gasteiger partial charge >= 0.3 is 0 Å². The zero-order valence-electron chi connectivity index (χ0n) is 13.4. The van der Waals surface area contributed by atoms with Crippen LogP contribution in [0.25, 0.3) is 0 Å². The van der Waals surface area contributed by atoms with Crippen molar-refractivity contribution < 1.29 is 14.3 Å². The van der Waals surface area contributed by atoms with E-state index in [1.54, 1.807) is 7.11 Å². The lowest BCUT2D eigenvalue weighted by atomic mass is 9.86. The molecule has 2 aliphatic rings. The fourth-order valence-electron chi connectivity index (χ4n) is 4.10. The largest absolute Gasteiger partial charge is 0.493 e. The van der Waals surface area contributed by atoms with Crippen LogP contribution in [0.5, 0.6) is 11.5 Å². The number of fused-ring (bicyclic) bond motifs is 2. The third-order valence-corrected chi connectivity index (χ3v) is 5.08. The van der Waals surface area contributed by atoms with E-state index in [1.807, 2.05) is 25.1 Å². The molecule has 2 bridgehead atoms. The normalized spacial score (nSPS) is 26.0. The van der Waals surface area contributed by atoms with Crippen molar-refractivity contribution in [1.29, 1.82) is 0 Å². The van der Waals surface area contributed by atoms with Gasteiger partial charge in [0.1, 0.15) is 0 Å². The van der Waals surface area contributed by atoms with Gasteiger partial charge in [0.05, 0.1) is 13.7 Å². The Balaban J connectivity index is 1.59. The number of hydrogen-bond donors (Lipinski definition) is 1. The zero-order valence-corrected chi connectivity index (χ0v) is 13.4. The van der Waals surface area contributed by atoms with Crippen LogP contribution in [-0.2, 0) is 4.79 Å². The molecule has 120 valence electrons. The first-order chi connectivity index (χ1) is 10.7. The van der Waals surface area contributed by atoms with Gasteiger partial charge in [0.15, 0.2) is 11.5 Å². The number of benzene rings is 1. The van der Waals surface area contributed by atoms with Crippen LogP contribution in [0, 0.1) is 17.8 Å². The number of ether oxygens (including phenoxy) is 2. The van der Waals surface area contributed by atoms with Gasteiger partial charge in [-0.25, -0.2) is 0 Å². The lowest BCUT2D eigenvalue weighted by molar-refractivity contribution is -0.117. The molecule has 1 amide bonds. The van der Waals surface area contributed by atoms with E-state index in [2.05, 4.69) is 5.32 Å². The fraction of sp³-hybridized carbons (Fsp3) is 0.611. The molecule has 1 N–H and O–H groups in total. The van der Waals surface area contributed by atoms with Gasteiger partial charge in [-0.1, -0.05) is 6.42 Å². The highest BCUT2D eigenvalue weighted by atomic mass is 16.5. The Bertz CT molecular complexity index is 543. The quantitative estimate of drug-likeness (QED) is 0.868. The van der Waals surface area contributed by atoms with Crippen LogP contribution in [0.4, 0.5) is 5.69 Å². The maximum Gasteiger partial charge on any atom is 0.224 e. The Labute approximate surface area is 132 Å². The number of anilines is 1. The molecule has 22 heavy (non-hydrogen) atoms. The second kappa shape index (κ2) is 6.59. The highest BCUT2D eigenvalue weighted by molar-refractivity contribution is 5.91. The molecule has 3 atom stereocenters. The summed E-state index contributed by atoms with van der Waals surface area (Å²) in [6.45, 7) is 2.52. The summed E-state index contributed by atoms with van der Waals surface area (Å²) in [4.78, 5) is 12.3. The number of amides is 1. The van der Waals surface area contributed by atoms with Crippen LogP contribution >= 0.6 is 0 Å². The minimum atomic E-state index is 0.115. The molecule has 1 aromatic carbocycles. The topological polar surface area (TPSA) is 47.6 Å². The summed E-state index contributed by atoms with van der Waals surface area (Å²) in [5.41, 5.74) is 0.772.